The molecule has 0 N–H and O–H groups in total. The molecule has 0 aromatic heterocycles. The number of aryl methyl sites for hydroxylation is 4. The molecule has 0 nitrogen and oxygen atoms in total. The van der Waals surface area contributed by atoms with Crippen LogP contribution in [0.2, 0.25) is 0 Å². The molecule has 0 heterocycles. The quantitative estimate of drug-likeness (QED) is 0.0845. The van der Waals surface area contributed by atoms with E-state index < -0.39 is 10.9 Å². The van der Waals surface area contributed by atoms with Crippen LogP contribution in [0.4, 0.5) is 0 Å². The third-order valence-electron chi connectivity index (χ3n) is 15.3. The third kappa shape index (κ3) is 20.8. The topological polar surface area (TPSA) is 0 Å². The van der Waals surface area contributed by atoms with Gasteiger partial charge in [-0.15, -0.1) is 25.7 Å². The molecule has 4 aliphatic carbocycles. The molecule has 0 saturated carbocycles. The summed E-state index contributed by atoms with van der Waals surface area (Å²) in [5.41, 5.74) is 21.1. The van der Waals surface area contributed by atoms with E-state index in [1.807, 2.05) is 0 Å². The summed E-state index contributed by atoms with van der Waals surface area (Å²) < 4.78 is 0. The van der Waals surface area contributed by atoms with Crippen molar-refractivity contribution in [3.8, 4) is 0 Å². The van der Waals surface area contributed by atoms with Crippen molar-refractivity contribution >= 4 is 53.9 Å². The van der Waals surface area contributed by atoms with E-state index in [2.05, 4.69) is 322 Å². The molecule has 0 bridgehead atoms. The fourth-order valence-electron chi connectivity index (χ4n) is 10.6. The molecular weight excluding hydrogens is 1270 g/mol. The molecule has 0 amide bonds. The number of hydrogen-bond donors (Lipinski definition) is 0. The monoisotopic (exact) mass is 1350 g/mol. The average molecular weight is 1350 g/mol. The van der Waals surface area contributed by atoms with Gasteiger partial charge in [-0.1, -0.05) is 197 Å². The van der Waals surface area contributed by atoms with Gasteiger partial charge < -0.3 is 24.8 Å². The Hall–Kier alpha value is -5.54. The Morgan fingerprint density at radius 3 is 0.616 bits per heavy atom. The van der Waals surface area contributed by atoms with E-state index >= 15 is 0 Å². The van der Waals surface area contributed by atoms with Crippen molar-refractivity contribution in [2.45, 2.75) is 107 Å². The SMILES string of the molecule is CCc1ccccc1C1=CC[C-]=C1C.CCc1ccccc1C1=CC[C-]=C1C.CCc1ccccc1C1=CC[C-]=C1C.CCc1ccccc1C1=CC[C-]=C1C.[Cl-].[Cl-].[Zr+2]=[Si](c1ccccc1)c1ccccc1.[Zr+2]=[Si](c1ccccc1)c1ccccc1. The average Bonchev–Trinajstić information content (AvgIpc) is 4.07. The van der Waals surface area contributed by atoms with Crippen molar-refractivity contribution in [2.75, 3.05) is 0 Å². The second kappa shape index (κ2) is 38.7. The Balaban J connectivity index is 0.000000187. The summed E-state index contributed by atoms with van der Waals surface area (Å²) in [6, 6.07) is 77.9. The van der Waals surface area contributed by atoms with Crippen LogP contribution in [0.25, 0.3) is 22.3 Å². The molecule has 0 spiro atoms. The summed E-state index contributed by atoms with van der Waals surface area (Å²) in [7, 11) is 0. The number of halogens is 2. The maximum absolute atomic E-state index is 3.34. The summed E-state index contributed by atoms with van der Waals surface area (Å²) in [5, 5.41) is 6.06. The minimum absolute atomic E-state index is 0. The molecule has 432 valence electrons. The fourth-order valence-corrected chi connectivity index (χ4v) is 18.3. The van der Waals surface area contributed by atoms with E-state index in [0.717, 1.165) is 51.4 Å². The van der Waals surface area contributed by atoms with Crippen LogP contribution in [0.3, 0.4) is 0 Å². The van der Waals surface area contributed by atoms with Gasteiger partial charge in [-0.2, -0.15) is 46.6 Å². The first-order chi connectivity index (χ1) is 41.1. The van der Waals surface area contributed by atoms with Crippen LogP contribution in [0.5, 0.6) is 0 Å². The van der Waals surface area contributed by atoms with Gasteiger partial charge in [0.15, 0.2) is 0 Å². The van der Waals surface area contributed by atoms with Gasteiger partial charge in [0, 0.05) is 0 Å². The van der Waals surface area contributed by atoms with Crippen molar-refractivity contribution < 1.29 is 71.5 Å². The van der Waals surface area contributed by atoms with Gasteiger partial charge in [0.05, 0.1) is 0 Å². The van der Waals surface area contributed by atoms with Crippen molar-refractivity contribution in [1.29, 1.82) is 0 Å². The van der Waals surface area contributed by atoms with E-state index in [0.29, 0.717) is 0 Å². The van der Waals surface area contributed by atoms with Crippen LogP contribution in [0.15, 0.2) is 265 Å². The first-order valence-electron chi connectivity index (χ1n) is 29.9. The summed E-state index contributed by atoms with van der Waals surface area (Å²) in [6.45, 7) is 17.4. The molecule has 0 saturated heterocycles. The molecule has 0 fully saturated rings. The van der Waals surface area contributed by atoms with Crippen molar-refractivity contribution in [1.82, 2.24) is 0 Å². The molecule has 8 aromatic carbocycles. The summed E-state index contributed by atoms with van der Waals surface area (Å²) >= 11 is 3.29. The van der Waals surface area contributed by atoms with Crippen LogP contribution in [-0.4, -0.2) is 10.9 Å². The third-order valence-corrected chi connectivity index (χ3v) is 27.5. The van der Waals surface area contributed by atoms with Crippen molar-refractivity contribution in [2.24, 2.45) is 0 Å². The summed E-state index contributed by atoms with van der Waals surface area (Å²) in [4.78, 5) is 0. The molecule has 0 atom stereocenters. The van der Waals surface area contributed by atoms with Crippen LogP contribution >= 0.6 is 0 Å². The second-order valence-corrected chi connectivity index (χ2v) is 31.9. The molecule has 12 rings (SSSR count). The first-order valence-corrected chi connectivity index (χ1v) is 40.3. The summed E-state index contributed by atoms with van der Waals surface area (Å²) in [5.74, 6) is 0. The zero-order valence-electron chi connectivity index (χ0n) is 51.5. The van der Waals surface area contributed by atoms with E-state index in [1.165, 1.54) is 110 Å². The van der Waals surface area contributed by atoms with E-state index in [1.54, 1.807) is 46.7 Å². The van der Waals surface area contributed by atoms with Gasteiger partial charge in [-0.25, -0.2) is 22.3 Å². The van der Waals surface area contributed by atoms with E-state index in [-0.39, 0.29) is 24.8 Å². The van der Waals surface area contributed by atoms with Crippen molar-refractivity contribution in [3.05, 3.63) is 334 Å². The van der Waals surface area contributed by atoms with Gasteiger partial charge in [0.1, 0.15) is 0 Å². The fraction of sp³-hybridized carbons (Fsp3) is 0.200. The first kappa shape index (κ1) is 71.2. The van der Waals surface area contributed by atoms with Gasteiger partial charge in [-0.3, -0.25) is 24.3 Å². The minimum atomic E-state index is -0.455. The molecule has 0 unspecified atom stereocenters. The summed E-state index contributed by atoms with van der Waals surface area (Å²) in [6.07, 6.45) is 30.7. The van der Waals surface area contributed by atoms with Crippen molar-refractivity contribution in [3.63, 3.8) is 0 Å². The Labute approximate surface area is 560 Å². The van der Waals surface area contributed by atoms with Gasteiger partial charge in [0.2, 0.25) is 0 Å². The number of allylic oxidation sites excluding steroid dienone is 16. The predicted molar refractivity (Wildman–Crippen MR) is 359 cm³/mol. The normalized spacial score (nSPS) is 13.2. The molecule has 86 heavy (non-hydrogen) atoms. The Kier molecular flexibility index (Phi) is 32.0. The Bertz CT molecular complexity index is 3230. The Morgan fingerprint density at radius 2 is 0.453 bits per heavy atom. The van der Waals surface area contributed by atoms with E-state index in [9.17, 15) is 0 Å². The van der Waals surface area contributed by atoms with Crippen LogP contribution in [0, 0.1) is 24.3 Å². The Morgan fingerprint density at radius 1 is 0.279 bits per heavy atom. The molecular formula is C80H80Cl2Si2Zr2-2. The molecule has 8 aromatic rings. The number of hydrogen-bond acceptors (Lipinski definition) is 0. The van der Waals surface area contributed by atoms with Crippen LogP contribution in [0.1, 0.15) is 126 Å². The van der Waals surface area contributed by atoms with E-state index in [4.69, 9.17) is 0 Å². The van der Waals surface area contributed by atoms with Gasteiger partial charge >= 0.3 is 200 Å². The van der Waals surface area contributed by atoms with Gasteiger partial charge in [-0.05, 0) is 25.7 Å². The number of benzene rings is 8. The zero-order valence-corrected chi connectivity index (χ0v) is 59.9. The molecule has 4 aliphatic rings. The predicted octanol–water partition coefficient (Wildman–Crippen LogP) is 11.8. The number of rotatable bonds is 12. The molecule has 6 heteroatoms. The van der Waals surface area contributed by atoms with Crippen LogP contribution in [-0.2, 0) is 72.4 Å². The molecule has 0 aliphatic heterocycles. The van der Waals surface area contributed by atoms with Crippen LogP contribution < -0.4 is 45.6 Å². The second-order valence-electron chi connectivity index (χ2n) is 20.8. The maximum atomic E-state index is 3.34. The standard InChI is InChI=1S/4C14H15.2C12H10Si.2ClH.2Zr/c4*1-3-12-8-4-5-9-14(12)13-10-6-7-11(13)2;2*1-3-7-11(8-4-1)13-12-9-5-2-6-10-12;;;;/h4*4-5,8-10H,3,6H2,1-2H3;2*1-10H;2*1H;;/q4*-1;;;;;2*+2/p-2. The van der Waals surface area contributed by atoms with Gasteiger partial charge in [0.25, 0.3) is 0 Å². The zero-order chi connectivity index (χ0) is 59.5. The molecule has 0 radical (unpaired) electrons.